The third-order valence-electron chi connectivity index (χ3n) is 4.40. The highest BCUT2D eigenvalue weighted by Gasteiger charge is 2.45. The number of carbonyl (C=O) groups excluding carboxylic acids is 1. The van der Waals surface area contributed by atoms with E-state index in [9.17, 15) is 13.2 Å². The second kappa shape index (κ2) is 7.30. The molecule has 7 heteroatoms. The van der Waals surface area contributed by atoms with Crippen molar-refractivity contribution in [3.05, 3.63) is 89.4 Å². The van der Waals surface area contributed by atoms with Crippen LogP contribution in [0.5, 0.6) is 11.5 Å². The van der Waals surface area contributed by atoms with Crippen LogP contribution in [0.3, 0.4) is 0 Å². The van der Waals surface area contributed by atoms with Gasteiger partial charge in [-0.25, -0.2) is 8.42 Å². The Balaban J connectivity index is 1.68. The van der Waals surface area contributed by atoms with Crippen molar-refractivity contribution in [2.45, 2.75) is 5.37 Å². The Bertz CT molecular complexity index is 1110. The lowest BCUT2D eigenvalue weighted by molar-refractivity contribution is -0.115. The van der Waals surface area contributed by atoms with Gasteiger partial charge in [-0.3, -0.25) is 9.69 Å². The Hall–Kier alpha value is -2.83. The topological polar surface area (TPSA) is 63.7 Å². The lowest BCUT2D eigenvalue weighted by Crippen LogP contribution is -2.29. The zero-order chi connectivity index (χ0) is 19.7. The summed E-state index contributed by atoms with van der Waals surface area (Å²) in [6, 6.07) is 22.6. The van der Waals surface area contributed by atoms with E-state index in [0.29, 0.717) is 27.8 Å². The van der Waals surface area contributed by atoms with Crippen molar-refractivity contribution in [2.75, 3.05) is 10.7 Å². The number of ether oxygens (including phenoxy) is 1. The van der Waals surface area contributed by atoms with Gasteiger partial charge in [0.1, 0.15) is 17.3 Å². The first-order valence-electron chi connectivity index (χ1n) is 8.56. The molecular weight excluding hydrogens is 398 g/mol. The predicted octanol–water partition coefficient (Wildman–Crippen LogP) is 4.59. The molecule has 3 aromatic rings. The van der Waals surface area contributed by atoms with Crippen molar-refractivity contribution in [1.29, 1.82) is 0 Å². The SMILES string of the molecule is O=C1CS(=O)(=O)[C@H](c2ccc(Oc3ccccc3)cc2)N1c1cccc(Cl)c1. The van der Waals surface area contributed by atoms with Gasteiger partial charge in [0.15, 0.2) is 15.2 Å². The summed E-state index contributed by atoms with van der Waals surface area (Å²) in [5.74, 6) is 0.245. The molecule has 1 amide bonds. The Labute approximate surface area is 168 Å². The molecule has 0 aromatic heterocycles. The van der Waals surface area contributed by atoms with Gasteiger partial charge in [0, 0.05) is 10.7 Å². The quantitative estimate of drug-likeness (QED) is 0.627. The zero-order valence-electron chi connectivity index (χ0n) is 14.7. The number of rotatable bonds is 4. The summed E-state index contributed by atoms with van der Waals surface area (Å²) in [5, 5.41) is -0.663. The largest absolute Gasteiger partial charge is 0.457 e. The Kier molecular flexibility index (Phi) is 4.83. The highest BCUT2D eigenvalue weighted by atomic mass is 35.5. The van der Waals surface area contributed by atoms with E-state index in [4.69, 9.17) is 16.3 Å². The van der Waals surface area contributed by atoms with Crippen LogP contribution in [0, 0.1) is 0 Å². The Morgan fingerprint density at radius 1 is 0.893 bits per heavy atom. The number of nitrogens with zero attached hydrogens (tertiary/aromatic N) is 1. The standard InChI is InChI=1S/C21H16ClNO4S/c22-16-5-4-6-17(13-16)23-20(24)14-28(25,26)21(23)15-9-11-19(12-10-15)27-18-7-2-1-3-8-18/h1-13,21H,14H2/t21-/m1/s1. The monoisotopic (exact) mass is 413 g/mol. The second-order valence-electron chi connectivity index (χ2n) is 6.39. The Morgan fingerprint density at radius 2 is 1.57 bits per heavy atom. The van der Waals surface area contributed by atoms with E-state index in [2.05, 4.69) is 0 Å². The molecule has 1 atom stereocenters. The van der Waals surface area contributed by atoms with Crippen LogP contribution in [-0.4, -0.2) is 20.1 Å². The van der Waals surface area contributed by atoms with E-state index in [1.807, 2.05) is 30.3 Å². The number of para-hydroxylation sites is 1. The number of sulfone groups is 1. The summed E-state index contributed by atoms with van der Waals surface area (Å²) in [4.78, 5) is 13.8. The number of halogens is 1. The summed E-state index contributed by atoms with van der Waals surface area (Å²) < 4.78 is 31.1. The van der Waals surface area contributed by atoms with Gasteiger partial charge >= 0.3 is 0 Å². The van der Waals surface area contributed by atoms with Gasteiger partial charge in [0.25, 0.3) is 0 Å². The van der Waals surface area contributed by atoms with Crippen LogP contribution in [0.1, 0.15) is 10.9 Å². The molecule has 0 aliphatic carbocycles. The van der Waals surface area contributed by atoms with Crippen LogP contribution in [-0.2, 0) is 14.6 Å². The highest BCUT2D eigenvalue weighted by molar-refractivity contribution is 7.93. The number of anilines is 1. The molecule has 1 heterocycles. The minimum atomic E-state index is -3.68. The van der Waals surface area contributed by atoms with Crippen LogP contribution in [0.4, 0.5) is 5.69 Å². The normalized spacial score (nSPS) is 18.2. The third kappa shape index (κ3) is 3.61. The predicted molar refractivity (Wildman–Crippen MR) is 108 cm³/mol. The van der Waals surface area contributed by atoms with Crippen LogP contribution < -0.4 is 9.64 Å². The fraction of sp³-hybridized carbons (Fsp3) is 0.0952. The van der Waals surface area contributed by atoms with Crippen LogP contribution in [0.25, 0.3) is 0 Å². The number of benzene rings is 3. The molecule has 1 aliphatic heterocycles. The van der Waals surface area contributed by atoms with Gasteiger partial charge in [-0.05, 0) is 48.0 Å². The van der Waals surface area contributed by atoms with E-state index in [-0.39, 0.29) is 0 Å². The van der Waals surface area contributed by atoms with E-state index in [1.54, 1.807) is 48.5 Å². The second-order valence-corrected chi connectivity index (χ2v) is 8.88. The van der Waals surface area contributed by atoms with Crippen molar-refractivity contribution < 1.29 is 17.9 Å². The van der Waals surface area contributed by atoms with E-state index in [1.165, 1.54) is 4.90 Å². The zero-order valence-corrected chi connectivity index (χ0v) is 16.2. The first-order valence-corrected chi connectivity index (χ1v) is 10.7. The average molecular weight is 414 g/mol. The molecule has 1 saturated heterocycles. The van der Waals surface area contributed by atoms with Gasteiger partial charge in [-0.15, -0.1) is 0 Å². The number of hydrogen-bond acceptors (Lipinski definition) is 4. The smallest absolute Gasteiger partial charge is 0.243 e. The van der Waals surface area contributed by atoms with E-state index >= 15 is 0 Å². The van der Waals surface area contributed by atoms with Gasteiger partial charge in [-0.2, -0.15) is 0 Å². The maximum atomic E-state index is 12.7. The molecule has 1 aliphatic rings. The van der Waals surface area contributed by atoms with Crippen LogP contribution >= 0.6 is 11.6 Å². The van der Waals surface area contributed by atoms with E-state index in [0.717, 1.165) is 0 Å². The molecule has 1 fully saturated rings. The minimum Gasteiger partial charge on any atom is -0.457 e. The fourth-order valence-corrected chi connectivity index (χ4v) is 5.16. The number of carbonyl (C=O) groups is 1. The third-order valence-corrected chi connectivity index (χ3v) is 6.45. The molecule has 0 N–H and O–H groups in total. The molecule has 0 saturated carbocycles. The summed E-state index contributed by atoms with van der Waals surface area (Å²) in [7, 11) is -3.68. The summed E-state index contributed by atoms with van der Waals surface area (Å²) in [6.07, 6.45) is 0. The summed E-state index contributed by atoms with van der Waals surface area (Å²) in [5.41, 5.74) is 0.944. The van der Waals surface area contributed by atoms with Gasteiger partial charge < -0.3 is 4.74 Å². The number of hydrogen-bond donors (Lipinski definition) is 0. The Morgan fingerprint density at radius 3 is 2.25 bits per heavy atom. The van der Waals surface area contributed by atoms with Crippen molar-refractivity contribution >= 4 is 33.0 Å². The van der Waals surface area contributed by atoms with Gasteiger partial charge in [0.2, 0.25) is 5.91 Å². The first kappa shape index (κ1) is 18.5. The van der Waals surface area contributed by atoms with Crippen LogP contribution in [0.15, 0.2) is 78.9 Å². The van der Waals surface area contributed by atoms with Gasteiger partial charge in [-0.1, -0.05) is 48.0 Å². The van der Waals surface area contributed by atoms with Crippen molar-refractivity contribution in [2.24, 2.45) is 0 Å². The van der Waals surface area contributed by atoms with Gasteiger partial charge in [0.05, 0.1) is 0 Å². The molecule has 0 bridgehead atoms. The molecule has 0 spiro atoms. The molecule has 4 rings (SSSR count). The lowest BCUT2D eigenvalue weighted by atomic mass is 10.1. The fourth-order valence-electron chi connectivity index (χ4n) is 3.20. The van der Waals surface area contributed by atoms with Crippen molar-refractivity contribution in [3.63, 3.8) is 0 Å². The molecule has 28 heavy (non-hydrogen) atoms. The molecule has 0 radical (unpaired) electrons. The molecule has 0 unspecified atom stereocenters. The summed E-state index contributed by atoms with van der Waals surface area (Å²) >= 11 is 6.03. The molecular formula is C21H16ClNO4S. The maximum Gasteiger partial charge on any atom is 0.243 e. The molecule has 3 aromatic carbocycles. The lowest BCUT2D eigenvalue weighted by Gasteiger charge is -2.24. The van der Waals surface area contributed by atoms with E-state index < -0.39 is 26.9 Å². The molecule has 5 nitrogen and oxygen atoms in total. The first-order chi connectivity index (χ1) is 13.4. The maximum absolute atomic E-state index is 12.7. The van der Waals surface area contributed by atoms with Crippen LogP contribution in [0.2, 0.25) is 5.02 Å². The van der Waals surface area contributed by atoms with Crippen molar-refractivity contribution in [1.82, 2.24) is 0 Å². The minimum absolute atomic E-state index is 0.431. The van der Waals surface area contributed by atoms with Crippen molar-refractivity contribution in [3.8, 4) is 11.5 Å². The summed E-state index contributed by atoms with van der Waals surface area (Å²) in [6.45, 7) is 0. The number of amides is 1. The highest BCUT2D eigenvalue weighted by Crippen LogP contribution is 2.38. The average Bonchev–Trinajstić information content (AvgIpc) is 2.91. The molecule has 142 valence electrons.